The van der Waals surface area contributed by atoms with E-state index in [4.69, 9.17) is 11.0 Å². The van der Waals surface area contributed by atoms with Gasteiger partial charge in [0.05, 0.1) is 6.07 Å². The first-order valence-electron chi connectivity index (χ1n) is 5.58. The van der Waals surface area contributed by atoms with Gasteiger partial charge >= 0.3 is 0 Å². The standard InChI is InChI=1S/C15H14N2/c16-11-14(17)15(12-7-3-1-4-8-12)13-9-5-2-6-10-13/h1-10,14-15H,17H2. The molecular weight excluding hydrogens is 208 g/mol. The number of rotatable bonds is 3. The zero-order valence-electron chi connectivity index (χ0n) is 9.45. The van der Waals surface area contributed by atoms with Gasteiger partial charge in [-0.2, -0.15) is 5.26 Å². The Labute approximate surface area is 101 Å². The molecule has 0 aliphatic rings. The molecule has 2 nitrogen and oxygen atoms in total. The molecule has 84 valence electrons. The maximum atomic E-state index is 9.05. The Morgan fingerprint density at radius 3 is 1.59 bits per heavy atom. The highest BCUT2D eigenvalue weighted by Gasteiger charge is 2.20. The predicted octanol–water partition coefficient (Wildman–Crippen LogP) is 2.67. The molecule has 0 bridgehead atoms. The van der Waals surface area contributed by atoms with Crippen molar-refractivity contribution in [3.8, 4) is 6.07 Å². The van der Waals surface area contributed by atoms with Crippen LogP contribution in [0.5, 0.6) is 0 Å². The maximum Gasteiger partial charge on any atom is 0.104 e. The third-order valence-corrected chi connectivity index (χ3v) is 2.83. The van der Waals surface area contributed by atoms with E-state index in [2.05, 4.69) is 6.07 Å². The van der Waals surface area contributed by atoms with Crippen molar-refractivity contribution < 1.29 is 0 Å². The minimum atomic E-state index is -0.528. The van der Waals surface area contributed by atoms with Crippen molar-refractivity contribution in [2.45, 2.75) is 12.0 Å². The molecule has 1 atom stereocenters. The molecule has 2 heteroatoms. The van der Waals surface area contributed by atoms with E-state index in [1.54, 1.807) is 0 Å². The molecule has 2 rings (SSSR count). The van der Waals surface area contributed by atoms with E-state index in [-0.39, 0.29) is 5.92 Å². The molecular formula is C15H14N2. The van der Waals surface area contributed by atoms with E-state index < -0.39 is 6.04 Å². The monoisotopic (exact) mass is 222 g/mol. The van der Waals surface area contributed by atoms with Crippen molar-refractivity contribution in [2.75, 3.05) is 0 Å². The lowest BCUT2D eigenvalue weighted by Gasteiger charge is -2.19. The first kappa shape index (κ1) is 11.4. The van der Waals surface area contributed by atoms with Gasteiger partial charge in [0.25, 0.3) is 0 Å². The SMILES string of the molecule is N#CC(N)C(c1ccccc1)c1ccccc1. The van der Waals surface area contributed by atoms with Crippen LogP contribution in [0, 0.1) is 11.3 Å². The van der Waals surface area contributed by atoms with Gasteiger partial charge in [0.15, 0.2) is 0 Å². The Bertz CT molecular complexity index is 460. The fourth-order valence-corrected chi connectivity index (χ4v) is 2.00. The summed E-state index contributed by atoms with van der Waals surface area (Å²) in [6.07, 6.45) is 0. The van der Waals surface area contributed by atoms with Crippen LogP contribution in [0.1, 0.15) is 17.0 Å². The quantitative estimate of drug-likeness (QED) is 0.868. The molecule has 0 amide bonds. The number of nitrogens with two attached hydrogens (primary N) is 1. The number of hydrogen-bond donors (Lipinski definition) is 1. The fraction of sp³-hybridized carbons (Fsp3) is 0.133. The van der Waals surface area contributed by atoms with Crippen LogP contribution in [-0.4, -0.2) is 6.04 Å². The topological polar surface area (TPSA) is 49.8 Å². The Hall–Kier alpha value is -2.11. The Balaban J connectivity index is 2.44. The number of hydrogen-bond acceptors (Lipinski definition) is 2. The molecule has 2 aromatic rings. The first-order chi connectivity index (χ1) is 8.33. The molecule has 1 unspecified atom stereocenters. The lowest BCUT2D eigenvalue weighted by atomic mass is 9.86. The van der Waals surface area contributed by atoms with E-state index in [0.29, 0.717) is 0 Å². The van der Waals surface area contributed by atoms with Crippen LogP contribution < -0.4 is 5.73 Å². The summed E-state index contributed by atoms with van der Waals surface area (Å²) in [4.78, 5) is 0. The Morgan fingerprint density at radius 2 is 1.24 bits per heavy atom. The molecule has 2 N–H and O–H groups in total. The van der Waals surface area contributed by atoms with E-state index in [0.717, 1.165) is 11.1 Å². The van der Waals surface area contributed by atoms with E-state index >= 15 is 0 Å². The van der Waals surface area contributed by atoms with Gasteiger partial charge in [0.2, 0.25) is 0 Å². The molecule has 0 aromatic heterocycles. The summed E-state index contributed by atoms with van der Waals surface area (Å²) in [6.45, 7) is 0. The van der Waals surface area contributed by atoms with Gasteiger partial charge in [-0.15, -0.1) is 0 Å². The molecule has 0 aliphatic heterocycles. The van der Waals surface area contributed by atoms with Gasteiger partial charge in [-0.25, -0.2) is 0 Å². The molecule has 0 saturated heterocycles. The average molecular weight is 222 g/mol. The van der Waals surface area contributed by atoms with Crippen LogP contribution in [0.15, 0.2) is 60.7 Å². The highest BCUT2D eigenvalue weighted by atomic mass is 14.7. The van der Waals surface area contributed by atoms with E-state index in [9.17, 15) is 0 Å². The third kappa shape index (κ3) is 2.52. The van der Waals surface area contributed by atoms with Crippen LogP contribution in [0.2, 0.25) is 0 Å². The number of benzene rings is 2. The maximum absolute atomic E-state index is 9.05. The summed E-state index contributed by atoms with van der Waals surface area (Å²) in [5.74, 6) is -0.0672. The first-order valence-corrected chi connectivity index (χ1v) is 5.58. The second-order valence-corrected chi connectivity index (χ2v) is 3.95. The largest absolute Gasteiger partial charge is 0.315 e. The highest BCUT2D eigenvalue weighted by Crippen LogP contribution is 2.26. The summed E-state index contributed by atoms with van der Waals surface area (Å²) >= 11 is 0. The zero-order chi connectivity index (χ0) is 12.1. The summed E-state index contributed by atoms with van der Waals surface area (Å²) in [6, 6.07) is 21.4. The minimum absolute atomic E-state index is 0.0672. The fourth-order valence-electron chi connectivity index (χ4n) is 2.00. The number of nitrogens with zero attached hydrogens (tertiary/aromatic N) is 1. The zero-order valence-corrected chi connectivity index (χ0v) is 9.45. The van der Waals surface area contributed by atoms with Gasteiger partial charge in [0.1, 0.15) is 6.04 Å². The van der Waals surface area contributed by atoms with Gasteiger partial charge in [0, 0.05) is 5.92 Å². The normalized spacial score (nSPS) is 12.1. The van der Waals surface area contributed by atoms with Crippen molar-refractivity contribution in [3.63, 3.8) is 0 Å². The van der Waals surface area contributed by atoms with Crippen LogP contribution >= 0.6 is 0 Å². The summed E-state index contributed by atoms with van der Waals surface area (Å²) in [7, 11) is 0. The third-order valence-electron chi connectivity index (χ3n) is 2.83. The highest BCUT2D eigenvalue weighted by molar-refractivity contribution is 5.36. The van der Waals surface area contributed by atoms with Gasteiger partial charge in [-0.05, 0) is 11.1 Å². The molecule has 0 aliphatic carbocycles. The van der Waals surface area contributed by atoms with Crippen LogP contribution in [0.4, 0.5) is 0 Å². The average Bonchev–Trinajstić information content (AvgIpc) is 2.41. The summed E-state index contributed by atoms with van der Waals surface area (Å²) in [5.41, 5.74) is 8.07. The summed E-state index contributed by atoms with van der Waals surface area (Å²) in [5, 5.41) is 9.05. The van der Waals surface area contributed by atoms with Crippen molar-refractivity contribution >= 4 is 0 Å². The lowest BCUT2D eigenvalue weighted by molar-refractivity contribution is 0.711. The minimum Gasteiger partial charge on any atom is -0.315 e. The smallest absolute Gasteiger partial charge is 0.104 e. The Kier molecular flexibility index (Phi) is 3.54. The van der Waals surface area contributed by atoms with Gasteiger partial charge < -0.3 is 5.73 Å². The van der Waals surface area contributed by atoms with Crippen molar-refractivity contribution in [2.24, 2.45) is 5.73 Å². The molecule has 0 fully saturated rings. The van der Waals surface area contributed by atoms with Crippen molar-refractivity contribution in [3.05, 3.63) is 71.8 Å². The van der Waals surface area contributed by atoms with Crippen molar-refractivity contribution in [1.29, 1.82) is 5.26 Å². The molecule has 17 heavy (non-hydrogen) atoms. The second kappa shape index (κ2) is 5.29. The van der Waals surface area contributed by atoms with Crippen LogP contribution in [0.3, 0.4) is 0 Å². The molecule has 0 heterocycles. The molecule has 0 spiro atoms. The van der Waals surface area contributed by atoms with E-state index in [1.165, 1.54) is 0 Å². The lowest BCUT2D eigenvalue weighted by Crippen LogP contribution is -2.27. The van der Waals surface area contributed by atoms with Gasteiger partial charge in [-0.1, -0.05) is 60.7 Å². The van der Waals surface area contributed by atoms with Crippen LogP contribution in [0.25, 0.3) is 0 Å². The Morgan fingerprint density at radius 1 is 0.824 bits per heavy atom. The van der Waals surface area contributed by atoms with Gasteiger partial charge in [-0.3, -0.25) is 0 Å². The van der Waals surface area contributed by atoms with Crippen molar-refractivity contribution in [1.82, 2.24) is 0 Å². The second-order valence-electron chi connectivity index (χ2n) is 3.95. The predicted molar refractivity (Wildman–Crippen MR) is 68.3 cm³/mol. The van der Waals surface area contributed by atoms with E-state index in [1.807, 2.05) is 60.7 Å². The molecule has 2 aromatic carbocycles. The number of nitriles is 1. The molecule has 0 saturated carbocycles. The summed E-state index contributed by atoms with van der Waals surface area (Å²) < 4.78 is 0. The molecule has 0 radical (unpaired) electrons. The van der Waals surface area contributed by atoms with Crippen LogP contribution in [-0.2, 0) is 0 Å².